The number of rotatable bonds is 5. The van der Waals surface area contributed by atoms with Crippen molar-refractivity contribution in [2.24, 2.45) is 0 Å². The fraction of sp³-hybridized carbons (Fsp3) is 0.263. The summed E-state index contributed by atoms with van der Waals surface area (Å²) < 4.78 is 7.08. The molecule has 1 saturated heterocycles. The van der Waals surface area contributed by atoms with Crippen LogP contribution in [0, 0.1) is 0 Å². The number of carbonyl (C=O) groups excluding carboxylic acids is 1. The van der Waals surface area contributed by atoms with E-state index in [1.165, 1.54) is 0 Å². The quantitative estimate of drug-likeness (QED) is 0.737. The molecule has 8 nitrogen and oxygen atoms in total. The average Bonchev–Trinajstić information content (AvgIpc) is 3.27. The summed E-state index contributed by atoms with van der Waals surface area (Å²) in [5.74, 6) is 1.22. The summed E-state index contributed by atoms with van der Waals surface area (Å²) >= 11 is 0. The van der Waals surface area contributed by atoms with E-state index in [1.807, 2.05) is 24.4 Å². The van der Waals surface area contributed by atoms with E-state index in [9.17, 15) is 4.79 Å². The van der Waals surface area contributed by atoms with Crippen molar-refractivity contribution in [3.05, 3.63) is 66.2 Å². The summed E-state index contributed by atoms with van der Waals surface area (Å²) in [4.78, 5) is 23.7. The maximum Gasteiger partial charge on any atom is 0.255 e. The van der Waals surface area contributed by atoms with Crippen molar-refractivity contribution in [1.29, 1.82) is 0 Å². The molecule has 3 aromatic rings. The number of hydrogen-bond acceptors (Lipinski definition) is 6. The Morgan fingerprint density at radius 1 is 1.04 bits per heavy atom. The zero-order valence-electron chi connectivity index (χ0n) is 14.8. The van der Waals surface area contributed by atoms with E-state index in [0.29, 0.717) is 37.0 Å². The molecule has 27 heavy (non-hydrogen) atoms. The number of carbonyl (C=O) groups is 1. The molecule has 0 radical (unpaired) electrons. The molecule has 1 aliphatic heterocycles. The number of amides is 1. The van der Waals surface area contributed by atoms with E-state index < -0.39 is 0 Å². The van der Waals surface area contributed by atoms with Crippen LogP contribution in [0.3, 0.4) is 0 Å². The highest BCUT2D eigenvalue weighted by atomic mass is 16.5. The molecule has 0 aliphatic carbocycles. The number of nitrogens with zero attached hydrogens (tertiary/aromatic N) is 5. The van der Waals surface area contributed by atoms with E-state index in [2.05, 4.69) is 25.3 Å². The molecule has 4 heterocycles. The summed E-state index contributed by atoms with van der Waals surface area (Å²) in [5.41, 5.74) is 1.44. The molecular formula is C19H20N6O2. The Bertz CT molecular complexity index is 906. The minimum absolute atomic E-state index is 0.167. The van der Waals surface area contributed by atoms with Gasteiger partial charge in [0, 0.05) is 50.0 Å². The van der Waals surface area contributed by atoms with Crippen LogP contribution >= 0.6 is 0 Å². The molecule has 0 saturated carbocycles. The van der Waals surface area contributed by atoms with Crippen molar-refractivity contribution in [3.8, 4) is 5.82 Å². The number of anilines is 1. The maximum absolute atomic E-state index is 12.8. The lowest BCUT2D eigenvalue weighted by atomic mass is 10.2. The Hall–Kier alpha value is -3.26. The number of ether oxygens (including phenoxy) is 1. The third-order valence-electron chi connectivity index (χ3n) is 4.37. The first-order valence-electron chi connectivity index (χ1n) is 8.83. The number of nitrogens with one attached hydrogen (secondary N) is 1. The highest BCUT2D eigenvalue weighted by Crippen LogP contribution is 2.19. The first kappa shape index (κ1) is 17.2. The van der Waals surface area contributed by atoms with Gasteiger partial charge in [0.1, 0.15) is 5.82 Å². The lowest BCUT2D eigenvalue weighted by Crippen LogP contribution is -2.38. The molecule has 1 N–H and O–H groups in total. The zero-order valence-corrected chi connectivity index (χ0v) is 14.8. The minimum atomic E-state index is -0.167. The molecule has 8 heteroatoms. The van der Waals surface area contributed by atoms with Gasteiger partial charge in [-0.15, -0.1) is 0 Å². The van der Waals surface area contributed by atoms with Gasteiger partial charge in [0.25, 0.3) is 5.91 Å². The first-order chi connectivity index (χ1) is 13.3. The Morgan fingerprint density at radius 2 is 1.81 bits per heavy atom. The van der Waals surface area contributed by atoms with E-state index in [4.69, 9.17) is 4.74 Å². The molecule has 1 aliphatic rings. The van der Waals surface area contributed by atoms with Crippen LogP contribution in [0.2, 0.25) is 0 Å². The van der Waals surface area contributed by atoms with Gasteiger partial charge in [-0.25, -0.2) is 14.6 Å². The van der Waals surface area contributed by atoms with Gasteiger partial charge in [0.15, 0.2) is 5.82 Å². The Morgan fingerprint density at radius 3 is 2.59 bits per heavy atom. The second-order valence-corrected chi connectivity index (χ2v) is 6.09. The fourth-order valence-electron chi connectivity index (χ4n) is 3.04. The van der Waals surface area contributed by atoms with E-state index in [0.717, 1.165) is 18.7 Å². The van der Waals surface area contributed by atoms with Crippen LogP contribution in [0.25, 0.3) is 5.82 Å². The van der Waals surface area contributed by atoms with Crippen molar-refractivity contribution in [2.75, 3.05) is 31.2 Å². The normalized spacial score (nSPS) is 14.1. The second kappa shape index (κ2) is 7.96. The van der Waals surface area contributed by atoms with Gasteiger partial charge in [-0.2, -0.15) is 5.10 Å². The molecule has 4 rings (SSSR count). The fourth-order valence-corrected chi connectivity index (χ4v) is 3.04. The van der Waals surface area contributed by atoms with Crippen molar-refractivity contribution < 1.29 is 9.53 Å². The molecule has 0 bridgehead atoms. The predicted molar refractivity (Wildman–Crippen MR) is 99.8 cm³/mol. The third kappa shape index (κ3) is 3.80. The average molecular weight is 364 g/mol. The summed E-state index contributed by atoms with van der Waals surface area (Å²) in [6, 6.07) is 9.18. The lowest BCUT2D eigenvalue weighted by molar-refractivity contribution is 0.0949. The summed E-state index contributed by atoms with van der Waals surface area (Å²) in [6.45, 7) is 3.08. The molecule has 0 spiro atoms. The largest absolute Gasteiger partial charge is 0.378 e. The lowest BCUT2D eigenvalue weighted by Gasteiger charge is -2.29. The van der Waals surface area contributed by atoms with E-state index in [1.54, 1.807) is 35.4 Å². The molecular weight excluding hydrogens is 344 g/mol. The van der Waals surface area contributed by atoms with E-state index >= 15 is 0 Å². The summed E-state index contributed by atoms with van der Waals surface area (Å²) in [5, 5.41) is 7.20. The minimum Gasteiger partial charge on any atom is -0.378 e. The molecule has 1 fully saturated rings. The van der Waals surface area contributed by atoms with E-state index in [-0.39, 0.29) is 5.91 Å². The van der Waals surface area contributed by atoms with Gasteiger partial charge in [0.2, 0.25) is 0 Å². The van der Waals surface area contributed by atoms with Crippen LogP contribution in [-0.2, 0) is 11.3 Å². The van der Waals surface area contributed by atoms with Crippen LogP contribution in [0.1, 0.15) is 15.9 Å². The van der Waals surface area contributed by atoms with Crippen molar-refractivity contribution in [1.82, 2.24) is 25.1 Å². The van der Waals surface area contributed by atoms with Gasteiger partial charge >= 0.3 is 0 Å². The topological polar surface area (TPSA) is 85.2 Å². The van der Waals surface area contributed by atoms with Crippen LogP contribution in [0.15, 0.2) is 55.1 Å². The Kier molecular flexibility index (Phi) is 5.06. The second-order valence-electron chi connectivity index (χ2n) is 6.09. The number of hydrogen-bond donors (Lipinski definition) is 1. The molecule has 138 valence electrons. The van der Waals surface area contributed by atoms with Crippen LogP contribution in [0.5, 0.6) is 0 Å². The van der Waals surface area contributed by atoms with Crippen LogP contribution in [0.4, 0.5) is 5.82 Å². The molecule has 0 atom stereocenters. The van der Waals surface area contributed by atoms with Gasteiger partial charge in [-0.3, -0.25) is 4.79 Å². The molecule has 1 amide bonds. The van der Waals surface area contributed by atoms with Gasteiger partial charge < -0.3 is 15.0 Å². The Balaban J connectivity index is 1.51. The number of aromatic nitrogens is 4. The zero-order chi connectivity index (χ0) is 18.5. The highest BCUT2D eigenvalue weighted by molar-refractivity contribution is 5.98. The SMILES string of the molecule is O=C(NCc1cccnc1-n1cccn1)c1cccnc1N1CCOCC1. The van der Waals surface area contributed by atoms with Gasteiger partial charge in [-0.1, -0.05) is 6.07 Å². The number of pyridine rings is 2. The molecule has 0 aromatic carbocycles. The monoisotopic (exact) mass is 364 g/mol. The molecule has 3 aromatic heterocycles. The van der Waals surface area contributed by atoms with Crippen molar-refractivity contribution in [3.63, 3.8) is 0 Å². The smallest absolute Gasteiger partial charge is 0.255 e. The number of morpholine rings is 1. The highest BCUT2D eigenvalue weighted by Gasteiger charge is 2.20. The summed E-state index contributed by atoms with van der Waals surface area (Å²) in [6.07, 6.45) is 6.94. The standard InChI is InChI=1S/C19H20N6O2/c26-19(16-5-2-7-21-18(16)24-10-12-27-13-11-24)22-14-15-4-1-6-20-17(15)25-9-3-8-23-25/h1-9H,10-14H2,(H,22,26). The van der Waals surface area contributed by atoms with Gasteiger partial charge in [-0.05, 0) is 24.3 Å². The summed E-state index contributed by atoms with van der Waals surface area (Å²) in [7, 11) is 0. The maximum atomic E-state index is 12.8. The predicted octanol–water partition coefficient (Wildman–Crippen LogP) is 1.43. The van der Waals surface area contributed by atoms with Crippen LogP contribution in [-0.4, -0.2) is 52.0 Å². The van der Waals surface area contributed by atoms with Gasteiger partial charge in [0.05, 0.1) is 18.8 Å². The van der Waals surface area contributed by atoms with Crippen molar-refractivity contribution >= 4 is 11.7 Å². The van der Waals surface area contributed by atoms with Crippen molar-refractivity contribution in [2.45, 2.75) is 6.54 Å². The molecule has 0 unspecified atom stereocenters. The Labute approximate surface area is 156 Å². The van der Waals surface area contributed by atoms with Crippen LogP contribution < -0.4 is 10.2 Å². The third-order valence-corrected chi connectivity index (χ3v) is 4.37. The first-order valence-corrected chi connectivity index (χ1v) is 8.83.